The highest BCUT2D eigenvalue weighted by molar-refractivity contribution is 5.42. The molecule has 1 aromatic rings. The van der Waals surface area contributed by atoms with Gasteiger partial charge < -0.3 is 10.2 Å². The molecule has 0 atom stereocenters. The maximum Gasteiger partial charge on any atom is 0.405 e. The molecule has 0 aromatic carbocycles. The fourth-order valence-electron chi connectivity index (χ4n) is 1.53. The minimum absolute atomic E-state index is 0.292. The van der Waals surface area contributed by atoms with E-state index in [4.69, 9.17) is 0 Å². The molecule has 4 nitrogen and oxygen atoms in total. The quantitative estimate of drug-likeness (QED) is 0.855. The molecule has 1 heterocycles. The number of nitrogens with zero attached hydrogens (tertiary/aromatic N) is 3. The summed E-state index contributed by atoms with van der Waals surface area (Å²) in [6.07, 6.45) is -2.16. The minimum Gasteiger partial charge on any atom is -0.354 e. The van der Waals surface area contributed by atoms with Gasteiger partial charge in [-0.15, -0.1) is 0 Å². The van der Waals surface area contributed by atoms with Crippen LogP contribution in [-0.2, 0) is 0 Å². The number of aromatic nitrogens is 2. The highest BCUT2D eigenvalue weighted by Gasteiger charge is 2.31. The third-order valence-electron chi connectivity index (χ3n) is 2.16. The maximum atomic E-state index is 12.5. The van der Waals surface area contributed by atoms with E-state index in [1.165, 1.54) is 17.2 Å². The first-order valence-corrected chi connectivity index (χ1v) is 5.85. The van der Waals surface area contributed by atoms with Crippen molar-refractivity contribution in [1.29, 1.82) is 0 Å². The van der Waals surface area contributed by atoms with Crippen LogP contribution in [0, 0.1) is 0 Å². The monoisotopic (exact) mass is 262 g/mol. The molecule has 0 saturated carbocycles. The molecule has 18 heavy (non-hydrogen) atoms. The number of nitrogens with one attached hydrogen (secondary N) is 1. The van der Waals surface area contributed by atoms with Crippen molar-refractivity contribution in [3.05, 3.63) is 12.3 Å². The van der Waals surface area contributed by atoms with E-state index >= 15 is 0 Å². The van der Waals surface area contributed by atoms with Crippen molar-refractivity contribution in [3.63, 3.8) is 0 Å². The molecule has 0 saturated heterocycles. The van der Waals surface area contributed by atoms with Gasteiger partial charge in [-0.2, -0.15) is 18.2 Å². The molecule has 1 rings (SSSR count). The predicted molar refractivity (Wildman–Crippen MR) is 64.8 cm³/mol. The Morgan fingerprint density at radius 2 is 2.06 bits per heavy atom. The smallest absolute Gasteiger partial charge is 0.354 e. The Kier molecular flexibility index (Phi) is 5.18. The van der Waals surface area contributed by atoms with Gasteiger partial charge in [-0.05, 0) is 19.4 Å². The number of hydrogen-bond acceptors (Lipinski definition) is 4. The molecule has 0 aliphatic rings. The molecule has 1 aromatic heterocycles. The van der Waals surface area contributed by atoms with Crippen LogP contribution < -0.4 is 10.2 Å². The zero-order valence-corrected chi connectivity index (χ0v) is 10.5. The molecule has 0 amide bonds. The van der Waals surface area contributed by atoms with Gasteiger partial charge in [-0.1, -0.05) is 6.92 Å². The van der Waals surface area contributed by atoms with Gasteiger partial charge in [-0.25, -0.2) is 4.98 Å². The van der Waals surface area contributed by atoms with Crippen molar-refractivity contribution in [2.24, 2.45) is 0 Å². The zero-order valence-electron chi connectivity index (χ0n) is 10.5. The van der Waals surface area contributed by atoms with Crippen LogP contribution in [0.25, 0.3) is 0 Å². The minimum atomic E-state index is -4.24. The lowest BCUT2D eigenvalue weighted by Gasteiger charge is -2.24. The van der Waals surface area contributed by atoms with Gasteiger partial charge >= 0.3 is 6.18 Å². The number of anilines is 2. The third-order valence-corrected chi connectivity index (χ3v) is 2.16. The Morgan fingerprint density at radius 3 is 2.61 bits per heavy atom. The van der Waals surface area contributed by atoms with Crippen molar-refractivity contribution in [3.8, 4) is 0 Å². The Morgan fingerprint density at radius 1 is 1.33 bits per heavy atom. The molecular weight excluding hydrogens is 245 g/mol. The van der Waals surface area contributed by atoms with Crippen LogP contribution in [0.3, 0.4) is 0 Å². The third kappa shape index (κ3) is 4.77. The molecule has 1 N–H and O–H groups in total. The van der Waals surface area contributed by atoms with Crippen molar-refractivity contribution in [2.45, 2.75) is 26.4 Å². The Balaban J connectivity index is 2.87. The van der Waals surface area contributed by atoms with Crippen LogP contribution in [0.4, 0.5) is 24.9 Å². The molecular formula is C11H17F3N4. The van der Waals surface area contributed by atoms with Crippen LogP contribution in [0.1, 0.15) is 20.3 Å². The van der Waals surface area contributed by atoms with E-state index in [1.807, 2.05) is 13.8 Å². The van der Waals surface area contributed by atoms with Gasteiger partial charge in [0.15, 0.2) is 0 Å². The lowest BCUT2D eigenvalue weighted by atomic mass is 10.3. The van der Waals surface area contributed by atoms with Gasteiger partial charge in [0.25, 0.3) is 0 Å². The number of halogens is 3. The summed E-state index contributed by atoms with van der Waals surface area (Å²) in [6, 6.07) is 1.49. The van der Waals surface area contributed by atoms with E-state index in [2.05, 4.69) is 15.3 Å². The van der Waals surface area contributed by atoms with E-state index in [0.29, 0.717) is 31.3 Å². The van der Waals surface area contributed by atoms with Crippen molar-refractivity contribution in [2.75, 3.05) is 29.9 Å². The standard InChI is InChI=1S/C11H17F3N4/c1-3-7-18(8-11(12,13)14)9-5-6-16-10(17-9)15-4-2/h5-6H,3-4,7-8H2,1-2H3,(H,15,16,17). The van der Waals surface area contributed by atoms with E-state index in [0.717, 1.165) is 0 Å². The fourth-order valence-corrected chi connectivity index (χ4v) is 1.53. The van der Waals surface area contributed by atoms with Crippen LogP contribution >= 0.6 is 0 Å². The highest BCUT2D eigenvalue weighted by Crippen LogP contribution is 2.21. The maximum absolute atomic E-state index is 12.5. The summed E-state index contributed by atoms with van der Waals surface area (Å²) in [5.74, 6) is 0.637. The molecule has 0 fully saturated rings. The van der Waals surface area contributed by atoms with Crippen molar-refractivity contribution >= 4 is 11.8 Å². The topological polar surface area (TPSA) is 41.1 Å². The molecule has 0 aliphatic carbocycles. The SMILES string of the molecule is CCCN(CC(F)(F)F)c1ccnc(NCC)n1. The summed E-state index contributed by atoms with van der Waals surface area (Å²) in [5, 5.41) is 2.88. The number of alkyl halides is 3. The van der Waals surface area contributed by atoms with Gasteiger partial charge in [0.05, 0.1) is 0 Å². The zero-order chi connectivity index (χ0) is 13.6. The molecule has 0 aliphatic heterocycles. The average Bonchev–Trinajstić information content (AvgIpc) is 2.28. The van der Waals surface area contributed by atoms with Gasteiger partial charge in [-0.3, -0.25) is 0 Å². The molecule has 102 valence electrons. The second kappa shape index (κ2) is 6.42. The van der Waals surface area contributed by atoms with Gasteiger partial charge in [0.2, 0.25) is 5.95 Å². The summed E-state index contributed by atoms with van der Waals surface area (Å²) in [5.41, 5.74) is 0. The van der Waals surface area contributed by atoms with Crippen molar-refractivity contribution in [1.82, 2.24) is 9.97 Å². The summed E-state index contributed by atoms with van der Waals surface area (Å²) >= 11 is 0. The number of hydrogen-bond donors (Lipinski definition) is 1. The Hall–Kier alpha value is -1.53. The summed E-state index contributed by atoms with van der Waals surface area (Å²) in [6.45, 7) is 3.63. The molecule has 0 spiro atoms. The Labute approximate surface area is 104 Å². The molecule has 0 unspecified atom stereocenters. The van der Waals surface area contributed by atoms with E-state index in [-0.39, 0.29) is 0 Å². The lowest BCUT2D eigenvalue weighted by molar-refractivity contribution is -0.119. The molecule has 0 bridgehead atoms. The van der Waals surface area contributed by atoms with Gasteiger partial charge in [0.1, 0.15) is 12.4 Å². The van der Waals surface area contributed by atoms with Gasteiger partial charge in [0, 0.05) is 19.3 Å². The van der Waals surface area contributed by atoms with E-state index in [9.17, 15) is 13.2 Å². The number of rotatable bonds is 6. The Bertz CT molecular complexity index is 368. The summed E-state index contributed by atoms with van der Waals surface area (Å²) < 4.78 is 37.4. The average molecular weight is 262 g/mol. The first-order valence-electron chi connectivity index (χ1n) is 5.85. The largest absolute Gasteiger partial charge is 0.405 e. The van der Waals surface area contributed by atoms with Crippen LogP contribution in [0.15, 0.2) is 12.3 Å². The highest BCUT2D eigenvalue weighted by atomic mass is 19.4. The van der Waals surface area contributed by atoms with E-state index < -0.39 is 12.7 Å². The second-order valence-electron chi connectivity index (χ2n) is 3.81. The first-order chi connectivity index (χ1) is 8.46. The summed E-state index contributed by atoms with van der Waals surface area (Å²) in [4.78, 5) is 9.22. The second-order valence-corrected chi connectivity index (χ2v) is 3.81. The summed E-state index contributed by atoms with van der Waals surface area (Å²) in [7, 11) is 0. The van der Waals surface area contributed by atoms with Crippen LogP contribution in [-0.4, -0.2) is 35.8 Å². The van der Waals surface area contributed by atoms with Crippen LogP contribution in [0.2, 0.25) is 0 Å². The predicted octanol–water partition coefficient (Wildman–Crippen LogP) is 2.69. The molecule has 0 radical (unpaired) electrons. The lowest BCUT2D eigenvalue weighted by Crippen LogP contribution is -2.35. The first kappa shape index (κ1) is 14.5. The normalized spacial score (nSPS) is 11.4. The van der Waals surface area contributed by atoms with Crippen LogP contribution in [0.5, 0.6) is 0 Å². The van der Waals surface area contributed by atoms with E-state index in [1.54, 1.807) is 0 Å². The fraction of sp³-hybridized carbons (Fsp3) is 0.636. The molecule has 7 heteroatoms. The van der Waals surface area contributed by atoms with Crippen molar-refractivity contribution < 1.29 is 13.2 Å².